The second-order valence-electron chi connectivity index (χ2n) is 4.43. The minimum absolute atomic E-state index is 0.215. The van der Waals surface area contributed by atoms with E-state index in [0.717, 1.165) is 4.73 Å². The number of aromatic nitrogens is 3. The lowest BCUT2D eigenvalue weighted by Crippen LogP contribution is -2.41. The van der Waals surface area contributed by atoms with Crippen molar-refractivity contribution in [1.29, 1.82) is 0 Å². The largest absolute Gasteiger partial charge is 0.618 e. The van der Waals surface area contributed by atoms with Gasteiger partial charge in [0.05, 0.1) is 0 Å². The Hall–Kier alpha value is -3.15. The number of nitrogens with zero attached hydrogens (tertiary/aromatic N) is 3. The molecule has 6 nitrogen and oxygen atoms in total. The predicted molar refractivity (Wildman–Crippen MR) is 72.6 cm³/mol. The summed E-state index contributed by atoms with van der Waals surface area (Å²) in [6.07, 6.45) is 2.76. The van der Waals surface area contributed by atoms with E-state index in [-0.39, 0.29) is 17.1 Å². The first-order valence-corrected chi connectivity index (χ1v) is 6.30. The van der Waals surface area contributed by atoms with E-state index in [9.17, 15) is 15.6 Å². The van der Waals surface area contributed by atoms with Crippen molar-refractivity contribution in [3.05, 3.63) is 77.4 Å². The van der Waals surface area contributed by atoms with Gasteiger partial charge in [0.1, 0.15) is 0 Å². The van der Waals surface area contributed by atoms with E-state index in [4.69, 9.17) is 0 Å². The third-order valence-electron chi connectivity index (χ3n) is 3.13. The number of hydrogen-bond acceptors (Lipinski definition) is 3. The minimum atomic E-state index is 0.215. The van der Waals surface area contributed by atoms with Gasteiger partial charge < -0.3 is 10.4 Å². The number of hydrogen-bond donors (Lipinski definition) is 1. The van der Waals surface area contributed by atoms with Gasteiger partial charge in [0, 0.05) is 41.1 Å². The highest BCUT2D eigenvalue weighted by Crippen LogP contribution is 2.15. The molecule has 0 saturated carbocycles. The molecule has 0 unspecified atom stereocenters. The quantitative estimate of drug-likeness (QED) is 0.429. The lowest BCUT2D eigenvalue weighted by Gasteiger charge is -2.07. The highest BCUT2D eigenvalue weighted by molar-refractivity contribution is 5.52. The molecule has 3 aromatic heterocycles. The Bertz CT molecular complexity index is 742. The topological polar surface area (TPSA) is 78.0 Å². The third-order valence-corrected chi connectivity index (χ3v) is 3.13. The molecule has 0 spiro atoms. The Labute approximate surface area is 120 Å². The van der Waals surface area contributed by atoms with Crippen LogP contribution >= 0.6 is 0 Å². The van der Waals surface area contributed by atoms with Crippen LogP contribution in [0.1, 0.15) is 0 Å². The molecule has 104 valence electrons. The van der Waals surface area contributed by atoms with Crippen LogP contribution < -0.4 is 14.2 Å². The second-order valence-corrected chi connectivity index (χ2v) is 4.43. The van der Waals surface area contributed by atoms with Crippen molar-refractivity contribution < 1.29 is 19.4 Å². The predicted octanol–water partition coefficient (Wildman–Crippen LogP) is 0.812. The van der Waals surface area contributed by atoms with Crippen LogP contribution in [0.2, 0.25) is 0 Å². The van der Waals surface area contributed by atoms with E-state index in [2.05, 4.69) is 0 Å². The Balaban J connectivity index is 2.21. The number of rotatable bonds is 2. The van der Waals surface area contributed by atoms with Crippen LogP contribution in [-0.4, -0.2) is 5.21 Å². The highest BCUT2D eigenvalue weighted by Gasteiger charge is 2.26. The summed E-state index contributed by atoms with van der Waals surface area (Å²) in [4.78, 5) is 0. The zero-order valence-corrected chi connectivity index (χ0v) is 11.0. The van der Waals surface area contributed by atoms with E-state index in [0.29, 0.717) is 15.2 Å². The van der Waals surface area contributed by atoms with Gasteiger partial charge in [-0.25, -0.2) is 0 Å². The standard InChI is InChI=1S/C15H12N3O3/c19-16-10-3-1-6-12(16)14-8-5-9-15(18(14)21)13-7-2-4-11-17(13)20/h1-11,19H/q+1. The van der Waals surface area contributed by atoms with Crippen LogP contribution in [0.4, 0.5) is 0 Å². The van der Waals surface area contributed by atoms with Crippen LogP contribution in [0.5, 0.6) is 0 Å². The van der Waals surface area contributed by atoms with Gasteiger partial charge in [-0.05, 0) is 18.2 Å². The summed E-state index contributed by atoms with van der Waals surface area (Å²) in [5.41, 5.74) is 1.05. The van der Waals surface area contributed by atoms with Crippen LogP contribution in [0.25, 0.3) is 22.8 Å². The van der Waals surface area contributed by atoms with E-state index in [1.54, 1.807) is 54.6 Å². The summed E-state index contributed by atoms with van der Waals surface area (Å²) in [5.74, 6) is 0. The average molecular weight is 282 g/mol. The molecule has 3 aromatic rings. The molecule has 0 aromatic carbocycles. The summed E-state index contributed by atoms with van der Waals surface area (Å²) in [5, 5.41) is 34.1. The van der Waals surface area contributed by atoms with Crippen LogP contribution in [0.3, 0.4) is 0 Å². The molecule has 0 bridgehead atoms. The Morgan fingerprint density at radius 3 is 1.90 bits per heavy atom. The maximum Gasteiger partial charge on any atom is 0.329 e. The molecule has 0 amide bonds. The molecule has 0 atom stereocenters. The summed E-state index contributed by atoms with van der Waals surface area (Å²) in [6.45, 7) is 0. The summed E-state index contributed by atoms with van der Waals surface area (Å²) < 4.78 is 2.13. The van der Waals surface area contributed by atoms with Crippen molar-refractivity contribution in [2.45, 2.75) is 0 Å². The highest BCUT2D eigenvalue weighted by atomic mass is 16.5. The molecule has 1 N–H and O–H groups in total. The van der Waals surface area contributed by atoms with Crippen molar-refractivity contribution in [3.63, 3.8) is 0 Å². The first kappa shape index (κ1) is 12.9. The van der Waals surface area contributed by atoms with Crippen molar-refractivity contribution in [2.75, 3.05) is 0 Å². The van der Waals surface area contributed by atoms with E-state index in [1.807, 2.05) is 0 Å². The molecule has 6 heteroatoms. The lowest BCUT2D eigenvalue weighted by atomic mass is 10.2. The Morgan fingerprint density at radius 2 is 1.24 bits per heavy atom. The second kappa shape index (κ2) is 5.09. The first-order valence-electron chi connectivity index (χ1n) is 6.30. The smallest absolute Gasteiger partial charge is 0.329 e. The van der Waals surface area contributed by atoms with Crippen molar-refractivity contribution in [2.24, 2.45) is 0 Å². The van der Waals surface area contributed by atoms with E-state index < -0.39 is 0 Å². The van der Waals surface area contributed by atoms with Crippen LogP contribution in [0.15, 0.2) is 67.0 Å². The van der Waals surface area contributed by atoms with Gasteiger partial charge >= 0.3 is 5.69 Å². The maximum absolute atomic E-state index is 12.5. The molecular formula is C15H12N3O3+. The van der Waals surface area contributed by atoms with Gasteiger partial charge in [-0.2, -0.15) is 9.46 Å². The van der Waals surface area contributed by atoms with Gasteiger partial charge in [-0.3, -0.25) is 5.21 Å². The molecule has 0 saturated heterocycles. The zero-order chi connectivity index (χ0) is 14.8. The van der Waals surface area contributed by atoms with Gasteiger partial charge in [-0.1, -0.05) is 0 Å². The molecule has 0 aliphatic carbocycles. The molecular weight excluding hydrogens is 270 g/mol. The monoisotopic (exact) mass is 282 g/mol. The number of pyridine rings is 3. The van der Waals surface area contributed by atoms with Crippen LogP contribution in [0, 0.1) is 10.4 Å². The van der Waals surface area contributed by atoms with Crippen LogP contribution in [-0.2, 0) is 0 Å². The van der Waals surface area contributed by atoms with E-state index in [1.165, 1.54) is 12.4 Å². The third kappa shape index (κ3) is 2.23. The molecule has 3 heterocycles. The summed E-state index contributed by atoms with van der Waals surface area (Å²) >= 11 is 0. The van der Waals surface area contributed by atoms with Crippen molar-refractivity contribution >= 4 is 0 Å². The van der Waals surface area contributed by atoms with Crippen molar-refractivity contribution in [3.8, 4) is 22.8 Å². The van der Waals surface area contributed by atoms with Gasteiger partial charge in [0.15, 0.2) is 6.20 Å². The zero-order valence-electron chi connectivity index (χ0n) is 11.0. The lowest BCUT2D eigenvalue weighted by molar-refractivity contribution is -0.898. The Morgan fingerprint density at radius 1 is 0.667 bits per heavy atom. The van der Waals surface area contributed by atoms with Gasteiger partial charge in [0.2, 0.25) is 6.20 Å². The fourth-order valence-corrected chi connectivity index (χ4v) is 2.14. The molecule has 0 radical (unpaired) electrons. The van der Waals surface area contributed by atoms with Gasteiger partial charge in [-0.15, -0.1) is 0 Å². The molecule has 0 aliphatic heterocycles. The van der Waals surface area contributed by atoms with Crippen molar-refractivity contribution in [1.82, 2.24) is 0 Å². The summed E-state index contributed by atoms with van der Waals surface area (Å²) in [7, 11) is 0. The summed E-state index contributed by atoms with van der Waals surface area (Å²) in [6, 6.07) is 14.6. The fraction of sp³-hybridized carbons (Fsp3) is 0. The van der Waals surface area contributed by atoms with Gasteiger partial charge in [0.25, 0.3) is 17.1 Å². The van der Waals surface area contributed by atoms with E-state index >= 15 is 0 Å². The first-order chi connectivity index (χ1) is 10.2. The fourth-order valence-electron chi connectivity index (χ4n) is 2.14. The molecule has 21 heavy (non-hydrogen) atoms. The minimum Gasteiger partial charge on any atom is -0.618 e. The average Bonchev–Trinajstić information content (AvgIpc) is 2.49. The molecule has 0 fully saturated rings. The molecule has 3 rings (SSSR count). The maximum atomic E-state index is 12.5. The normalized spacial score (nSPS) is 10.5. The Kier molecular flexibility index (Phi) is 3.12. The molecule has 0 aliphatic rings. The SMILES string of the molecule is [O-][n+]1ccccc1-c1cccc(-c2cccc[n+]2O)[n+]1[O-].